The van der Waals surface area contributed by atoms with Crippen molar-refractivity contribution in [3.05, 3.63) is 29.3 Å². The van der Waals surface area contributed by atoms with Crippen molar-refractivity contribution in [2.75, 3.05) is 39.0 Å². The van der Waals surface area contributed by atoms with E-state index in [2.05, 4.69) is 32.5 Å². The summed E-state index contributed by atoms with van der Waals surface area (Å²) in [5, 5.41) is 6.31. The second-order valence-electron chi connectivity index (χ2n) is 5.51. The molecule has 0 atom stereocenters. The van der Waals surface area contributed by atoms with E-state index in [9.17, 15) is 8.42 Å². The van der Waals surface area contributed by atoms with Gasteiger partial charge in [0.1, 0.15) is 5.75 Å². The van der Waals surface area contributed by atoms with Gasteiger partial charge in [0, 0.05) is 33.1 Å². The minimum Gasteiger partial charge on any atom is -0.493 e. The maximum atomic E-state index is 11.3. The number of sulfonamides is 1. The van der Waals surface area contributed by atoms with E-state index < -0.39 is 10.0 Å². The van der Waals surface area contributed by atoms with E-state index in [0.717, 1.165) is 31.7 Å². The number of nitrogens with zero attached hydrogens (tertiary/aromatic N) is 1. The molecule has 8 heteroatoms. The van der Waals surface area contributed by atoms with Crippen LogP contribution in [0.1, 0.15) is 18.1 Å². The second-order valence-corrected chi connectivity index (χ2v) is 7.61. The number of fused-ring (bicyclic) bond motifs is 1. The first-order chi connectivity index (χ1) is 11.5. The van der Waals surface area contributed by atoms with Crippen LogP contribution >= 0.6 is 0 Å². The van der Waals surface area contributed by atoms with E-state index in [0.29, 0.717) is 19.0 Å². The third kappa shape index (κ3) is 5.68. The Bertz CT molecular complexity index is 674. The zero-order valence-electron chi connectivity index (χ0n) is 14.3. The number of benzene rings is 1. The molecule has 24 heavy (non-hydrogen) atoms. The number of aliphatic imine (C=N–C) groups is 1. The van der Waals surface area contributed by atoms with Crippen molar-refractivity contribution in [3.8, 4) is 5.75 Å². The van der Waals surface area contributed by atoms with Gasteiger partial charge in [0.2, 0.25) is 10.0 Å². The SMILES string of the molecule is CCS(=O)(=O)NCCNC(=NC)NCCc1ccc2c(c1)CCO2. The molecule has 0 radical (unpaired) electrons. The molecule has 134 valence electrons. The predicted octanol–water partition coefficient (Wildman–Crippen LogP) is 0.268. The Morgan fingerprint density at radius 1 is 1.25 bits per heavy atom. The Kier molecular flexibility index (Phi) is 6.86. The van der Waals surface area contributed by atoms with Crippen molar-refractivity contribution in [1.82, 2.24) is 15.4 Å². The van der Waals surface area contributed by atoms with Crippen molar-refractivity contribution in [1.29, 1.82) is 0 Å². The van der Waals surface area contributed by atoms with Gasteiger partial charge in [-0.3, -0.25) is 4.99 Å². The lowest BCUT2D eigenvalue weighted by molar-refractivity contribution is 0.357. The van der Waals surface area contributed by atoms with Gasteiger partial charge in [0.25, 0.3) is 0 Å². The van der Waals surface area contributed by atoms with Crippen LogP contribution in [0.3, 0.4) is 0 Å². The van der Waals surface area contributed by atoms with Crippen LogP contribution in [-0.4, -0.2) is 53.4 Å². The van der Waals surface area contributed by atoms with Gasteiger partial charge < -0.3 is 15.4 Å². The van der Waals surface area contributed by atoms with Crippen molar-refractivity contribution < 1.29 is 13.2 Å². The lowest BCUT2D eigenvalue weighted by Gasteiger charge is -2.12. The molecule has 0 aromatic heterocycles. The highest BCUT2D eigenvalue weighted by Crippen LogP contribution is 2.25. The van der Waals surface area contributed by atoms with Crippen molar-refractivity contribution in [2.24, 2.45) is 4.99 Å². The summed E-state index contributed by atoms with van der Waals surface area (Å²) in [5.74, 6) is 1.75. The topological polar surface area (TPSA) is 91.8 Å². The molecule has 1 heterocycles. The summed E-state index contributed by atoms with van der Waals surface area (Å²) in [7, 11) is -1.45. The largest absolute Gasteiger partial charge is 0.493 e. The zero-order chi connectivity index (χ0) is 17.4. The molecule has 7 nitrogen and oxygen atoms in total. The first kappa shape index (κ1) is 18.5. The molecule has 2 rings (SSSR count). The molecule has 0 amide bonds. The zero-order valence-corrected chi connectivity index (χ0v) is 15.1. The van der Waals surface area contributed by atoms with E-state index >= 15 is 0 Å². The molecule has 1 aromatic carbocycles. The van der Waals surface area contributed by atoms with Crippen LogP contribution in [0.5, 0.6) is 5.75 Å². The fourth-order valence-corrected chi connectivity index (χ4v) is 3.05. The average Bonchev–Trinajstić information content (AvgIpc) is 3.04. The van der Waals surface area contributed by atoms with Gasteiger partial charge in [-0.2, -0.15) is 0 Å². The Balaban J connectivity index is 1.68. The molecule has 0 aliphatic carbocycles. The van der Waals surface area contributed by atoms with Crippen LogP contribution in [0.2, 0.25) is 0 Å². The van der Waals surface area contributed by atoms with Crippen molar-refractivity contribution in [2.45, 2.75) is 19.8 Å². The van der Waals surface area contributed by atoms with E-state index in [1.54, 1.807) is 14.0 Å². The van der Waals surface area contributed by atoms with E-state index in [-0.39, 0.29) is 5.75 Å². The summed E-state index contributed by atoms with van der Waals surface area (Å²) in [4.78, 5) is 4.13. The summed E-state index contributed by atoms with van der Waals surface area (Å²) < 4.78 is 30.7. The van der Waals surface area contributed by atoms with Gasteiger partial charge in [-0.05, 0) is 30.5 Å². The van der Waals surface area contributed by atoms with Gasteiger partial charge in [0.15, 0.2) is 5.96 Å². The maximum Gasteiger partial charge on any atom is 0.211 e. The maximum absolute atomic E-state index is 11.3. The highest BCUT2D eigenvalue weighted by atomic mass is 32.2. The van der Waals surface area contributed by atoms with E-state index in [1.807, 2.05) is 6.07 Å². The molecular weight excluding hydrogens is 328 g/mol. The minimum atomic E-state index is -3.14. The molecule has 3 N–H and O–H groups in total. The first-order valence-corrected chi connectivity index (χ1v) is 9.85. The first-order valence-electron chi connectivity index (χ1n) is 8.20. The van der Waals surface area contributed by atoms with Crippen LogP contribution in [0.15, 0.2) is 23.2 Å². The average molecular weight is 354 g/mol. The Morgan fingerprint density at radius 2 is 2.04 bits per heavy atom. The number of ether oxygens (including phenoxy) is 1. The van der Waals surface area contributed by atoms with Gasteiger partial charge >= 0.3 is 0 Å². The van der Waals surface area contributed by atoms with Gasteiger partial charge in [0.05, 0.1) is 12.4 Å². The molecule has 0 saturated carbocycles. The molecule has 1 aliphatic rings. The van der Waals surface area contributed by atoms with Crippen LogP contribution < -0.4 is 20.1 Å². The van der Waals surface area contributed by atoms with E-state index in [4.69, 9.17) is 4.74 Å². The molecule has 0 unspecified atom stereocenters. The van der Waals surface area contributed by atoms with Crippen LogP contribution in [0.4, 0.5) is 0 Å². The summed E-state index contributed by atoms with van der Waals surface area (Å²) in [6, 6.07) is 6.31. The summed E-state index contributed by atoms with van der Waals surface area (Å²) in [6.45, 7) is 3.95. The summed E-state index contributed by atoms with van der Waals surface area (Å²) >= 11 is 0. The van der Waals surface area contributed by atoms with Gasteiger partial charge in [-0.15, -0.1) is 0 Å². The Labute approximate surface area is 143 Å². The molecule has 0 spiro atoms. The molecule has 0 bridgehead atoms. The molecule has 0 saturated heterocycles. The van der Waals surface area contributed by atoms with Crippen molar-refractivity contribution in [3.63, 3.8) is 0 Å². The fraction of sp³-hybridized carbons (Fsp3) is 0.562. The number of hydrogen-bond donors (Lipinski definition) is 3. The number of guanidine groups is 1. The quantitative estimate of drug-likeness (QED) is 0.354. The summed E-state index contributed by atoms with van der Waals surface area (Å²) in [6.07, 6.45) is 1.87. The second kappa shape index (κ2) is 8.89. The molecule has 1 aromatic rings. The highest BCUT2D eigenvalue weighted by Gasteiger charge is 2.11. The van der Waals surface area contributed by atoms with Crippen LogP contribution in [0, 0.1) is 0 Å². The van der Waals surface area contributed by atoms with Crippen molar-refractivity contribution >= 4 is 16.0 Å². The molecule has 0 fully saturated rings. The number of rotatable bonds is 8. The normalized spacial score (nSPS) is 14.2. The third-order valence-electron chi connectivity index (χ3n) is 3.80. The Hall–Kier alpha value is -1.80. The lowest BCUT2D eigenvalue weighted by atomic mass is 10.1. The fourth-order valence-electron chi connectivity index (χ4n) is 2.43. The monoisotopic (exact) mass is 354 g/mol. The standard InChI is InChI=1S/C16H26N4O3S/c1-3-24(21,22)20-10-9-19-16(17-2)18-8-6-13-4-5-15-14(12-13)7-11-23-15/h4-5,12,20H,3,6-11H2,1-2H3,(H2,17,18,19). The van der Waals surface area contributed by atoms with E-state index in [1.165, 1.54) is 11.1 Å². The van der Waals surface area contributed by atoms with Gasteiger partial charge in [-0.1, -0.05) is 12.1 Å². The smallest absolute Gasteiger partial charge is 0.211 e. The van der Waals surface area contributed by atoms with Crippen LogP contribution in [-0.2, 0) is 22.9 Å². The number of hydrogen-bond acceptors (Lipinski definition) is 4. The highest BCUT2D eigenvalue weighted by molar-refractivity contribution is 7.89. The third-order valence-corrected chi connectivity index (χ3v) is 5.21. The van der Waals surface area contributed by atoms with Crippen LogP contribution in [0.25, 0.3) is 0 Å². The van der Waals surface area contributed by atoms with Gasteiger partial charge in [-0.25, -0.2) is 13.1 Å². The number of nitrogens with one attached hydrogen (secondary N) is 3. The Morgan fingerprint density at radius 3 is 2.79 bits per heavy atom. The predicted molar refractivity (Wildman–Crippen MR) is 96.2 cm³/mol. The minimum absolute atomic E-state index is 0.0891. The lowest BCUT2D eigenvalue weighted by Crippen LogP contribution is -2.42. The summed E-state index contributed by atoms with van der Waals surface area (Å²) in [5.41, 5.74) is 2.54. The molecular formula is C16H26N4O3S. The molecule has 1 aliphatic heterocycles.